The van der Waals surface area contributed by atoms with Gasteiger partial charge >= 0.3 is 0 Å². The molecule has 8 rings (SSSR count). The molecular weight excluding hydrogens is 597 g/mol. The zero-order valence-electron chi connectivity index (χ0n) is 26.8. The highest BCUT2D eigenvalue weighted by Gasteiger charge is 2.15. The number of aliphatic imine (C=N–C) groups is 1. The summed E-state index contributed by atoms with van der Waals surface area (Å²) < 4.78 is 0. The minimum atomic E-state index is 0.906. The maximum atomic E-state index is 5.09. The van der Waals surface area contributed by atoms with Crippen LogP contribution >= 0.6 is 0 Å². The average Bonchev–Trinajstić information content (AvgIpc) is 4.01. The summed E-state index contributed by atoms with van der Waals surface area (Å²) >= 11 is 0. The number of H-pyrrole nitrogens is 3. The Balaban J connectivity index is 1.21. The van der Waals surface area contributed by atoms with E-state index in [0.717, 1.165) is 79.0 Å². The fraction of sp³-hybridized carbons (Fsp3) is 0. The topological polar surface area (TPSA) is 59.7 Å². The van der Waals surface area contributed by atoms with Crippen LogP contribution in [0.5, 0.6) is 0 Å². The molecule has 0 radical (unpaired) electrons. The number of aromatic nitrogens is 3. The van der Waals surface area contributed by atoms with Crippen LogP contribution in [0, 0.1) is 0 Å². The highest BCUT2D eigenvalue weighted by atomic mass is 14.8. The zero-order chi connectivity index (χ0) is 32.8. The molecule has 0 aliphatic carbocycles. The number of nitrogens with zero attached hydrogens (tertiary/aromatic N) is 1. The minimum absolute atomic E-state index is 0.906. The minimum Gasteiger partial charge on any atom is -0.354 e. The predicted molar refractivity (Wildman–Crippen MR) is 204 cm³/mol. The molecule has 4 aromatic carbocycles. The van der Waals surface area contributed by atoms with Gasteiger partial charge in [-0.3, -0.25) is 0 Å². The van der Waals surface area contributed by atoms with Crippen LogP contribution in [0.15, 0.2) is 199 Å². The Morgan fingerprint density at radius 3 is 1.35 bits per heavy atom. The highest BCUT2D eigenvalue weighted by molar-refractivity contribution is 6.12. The van der Waals surface area contributed by atoms with E-state index in [-0.39, 0.29) is 0 Å². The van der Waals surface area contributed by atoms with Gasteiger partial charge in [0.25, 0.3) is 0 Å². The molecule has 0 amide bonds. The van der Waals surface area contributed by atoms with Gasteiger partial charge in [0.2, 0.25) is 0 Å². The van der Waals surface area contributed by atoms with E-state index in [9.17, 15) is 0 Å². The van der Waals surface area contributed by atoms with Crippen LogP contribution in [0.3, 0.4) is 0 Å². The van der Waals surface area contributed by atoms with Crippen molar-refractivity contribution >= 4 is 16.9 Å². The second-order valence-electron chi connectivity index (χ2n) is 11.9. The molecule has 0 unspecified atom stereocenters. The molecule has 4 heterocycles. The molecule has 0 saturated carbocycles. The number of hydrogen-bond donors (Lipinski definition) is 3. The Labute approximate surface area is 286 Å². The lowest BCUT2D eigenvalue weighted by Gasteiger charge is -2.06. The van der Waals surface area contributed by atoms with E-state index < -0.39 is 0 Å². The van der Waals surface area contributed by atoms with Crippen molar-refractivity contribution in [2.24, 2.45) is 4.99 Å². The van der Waals surface area contributed by atoms with Crippen molar-refractivity contribution in [1.29, 1.82) is 0 Å². The maximum absolute atomic E-state index is 5.09. The van der Waals surface area contributed by atoms with Gasteiger partial charge in [0.05, 0.1) is 11.4 Å². The first kappa shape index (κ1) is 29.7. The Morgan fingerprint density at radius 1 is 0.429 bits per heavy atom. The second-order valence-corrected chi connectivity index (χ2v) is 11.9. The molecule has 0 saturated heterocycles. The largest absolute Gasteiger partial charge is 0.354 e. The molecule has 49 heavy (non-hydrogen) atoms. The lowest BCUT2D eigenvalue weighted by atomic mass is 10.1. The zero-order valence-corrected chi connectivity index (χ0v) is 26.8. The van der Waals surface area contributed by atoms with E-state index in [2.05, 4.69) is 167 Å². The molecular formula is C45H34N4. The molecule has 1 aliphatic heterocycles. The Bertz CT molecular complexity index is 2260. The summed E-state index contributed by atoms with van der Waals surface area (Å²) in [6.07, 6.45) is 10.6. The lowest BCUT2D eigenvalue weighted by molar-refractivity contribution is 1.29. The van der Waals surface area contributed by atoms with Crippen LogP contribution < -0.4 is 0 Å². The van der Waals surface area contributed by atoms with Gasteiger partial charge in [-0.1, -0.05) is 140 Å². The van der Waals surface area contributed by atoms with Crippen molar-refractivity contribution in [3.63, 3.8) is 0 Å². The van der Waals surface area contributed by atoms with Gasteiger partial charge in [-0.05, 0) is 65.2 Å². The standard InChI is InChI=1S/C45H34N4/c1-5-14-32(15-6-1)38-24-28-42(46-38)36(43-29-25-39(47-43)33-16-7-2-8-17-33)22-13-23-37(44-30-26-40(48-44)34-18-9-3-10-19-34)45-31-27-41(49-45)35-20-11-4-12-21-35/h1-31,46-48H/b23-13+,45-37+. The maximum Gasteiger partial charge on any atom is 0.0731 e. The number of allylic oxidation sites excluding steroid dienone is 6. The van der Waals surface area contributed by atoms with Crippen LogP contribution in [0.25, 0.3) is 44.9 Å². The van der Waals surface area contributed by atoms with E-state index in [0.29, 0.717) is 0 Å². The molecule has 4 heteroatoms. The Morgan fingerprint density at radius 2 is 0.857 bits per heavy atom. The summed E-state index contributed by atoms with van der Waals surface area (Å²) in [4.78, 5) is 16.1. The first-order valence-electron chi connectivity index (χ1n) is 16.5. The third-order valence-corrected chi connectivity index (χ3v) is 8.69. The van der Waals surface area contributed by atoms with Crippen molar-refractivity contribution in [2.75, 3.05) is 0 Å². The summed E-state index contributed by atoms with van der Waals surface area (Å²) in [5.74, 6) is 0. The normalized spacial score (nSPS) is 13.5. The number of aromatic amines is 3. The van der Waals surface area contributed by atoms with Gasteiger partial charge in [0.1, 0.15) is 0 Å². The smallest absolute Gasteiger partial charge is 0.0731 e. The van der Waals surface area contributed by atoms with E-state index >= 15 is 0 Å². The molecule has 0 fully saturated rings. The van der Waals surface area contributed by atoms with Crippen molar-refractivity contribution < 1.29 is 0 Å². The van der Waals surface area contributed by atoms with Gasteiger partial charge < -0.3 is 15.0 Å². The number of rotatable bonds is 9. The summed E-state index contributed by atoms with van der Waals surface area (Å²) in [5.41, 5.74) is 14.7. The molecule has 0 atom stereocenters. The van der Waals surface area contributed by atoms with Gasteiger partial charge in [0, 0.05) is 50.9 Å². The molecule has 234 valence electrons. The van der Waals surface area contributed by atoms with Crippen LogP contribution in [-0.2, 0) is 0 Å². The number of hydrogen-bond acceptors (Lipinski definition) is 1. The summed E-state index contributed by atoms with van der Waals surface area (Å²) in [6.45, 7) is 0. The lowest BCUT2D eigenvalue weighted by Crippen LogP contribution is -1.93. The third-order valence-electron chi connectivity index (χ3n) is 8.69. The quantitative estimate of drug-likeness (QED) is 0.133. The van der Waals surface area contributed by atoms with Crippen LogP contribution in [0.1, 0.15) is 22.6 Å². The molecule has 1 aliphatic rings. The fourth-order valence-corrected chi connectivity index (χ4v) is 6.18. The summed E-state index contributed by atoms with van der Waals surface area (Å²) in [6, 6.07) is 54.4. The first-order chi connectivity index (χ1) is 24.3. The Kier molecular flexibility index (Phi) is 8.25. The predicted octanol–water partition coefficient (Wildman–Crippen LogP) is 11.1. The summed E-state index contributed by atoms with van der Waals surface area (Å²) in [7, 11) is 0. The number of nitrogens with one attached hydrogen (secondary N) is 3. The van der Waals surface area contributed by atoms with E-state index in [4.69, 9.17) is 4.99 Å². The monoisotopic (exact) mass is 630 g/mol. The second kappa shape index (κ2) is 13.6. The van der Waals surface area contributed by atoms with Gasteiger partial charge in [-0.15, -0.1) is 0 Å². The third kappa shape index (κ3) is 6.49. The molecule has 3 aromatic heterocycles. The van der Waals surface area contributed by atoms with Crippen molar-refractivity contribution in [2.45, 2.75) is 0 Å². The van der Waals surface area contributed by atoms with E-state index in [1.807, 2.05) is 36.4 Å². The summed E-state index contributed by atoms with van der Waals surface area (Å²) in [5, 5.41) is 0. The van der Waals surface area contributed by atoms with Crippen LogP contribution in [0.2, 0.25) is 0 Å². The van der Waals surface area contributed by atoms with Crippen molar-refractivity contribution in [3.05, 3.63) is 216 Å². The van der Waals surface area contributed by atoms with Gasteiger partial charge in [-0.2, -0.15) is 0 Å². The molecule has 7 aromatic rings. The van der Waals surface area contributed by atoms with E-state index in [1.165, 1.54) is 0 Å². The van der Waals surface area contributed by atoms with Crippen LogP contribution in [0.4, 0.5) is 0 Å². The first-order valence-corrected chi connectivity index (χ1v) is 16.5. The Hall–Kier alpha value is -6.65. The van der Waals surface area contributed by atoms with Gasteiger partial charge in [0.15, 0.2) is 0 Å². The van der Waals surface area contributed by atoms with E-state index in [1.54, 1.807) is 0 Å². The highest BCUT2D eigenvalue weighted by Crippen LogP contribution is 2.31. The molecule has 3 N–H and O–H groups in total. The van der Waals surface area contributed by atoms with Gasteiger partial charge in [-0.25, -0.2) is 4.99 Å². The van der Waals surface area contributed by atoms with Crippen molar-refractivity contribution in [1.82, 2.24) is 15.0 Å². The van der Waals surface area contributed by atoms with Crippen molar-refractivity contribution in [3.8, 4) is 33.8 Å². The molecule has 0 bridgehead atoms. The molecule has 0 spiro atoms. The number of benzene rings is 4. The SMILES string of the molecule is C1=C/C(=C(/C=C/C=C(c2ccc(-c3ccccc3)[nH]2)c2ccc(-c3ccccc3)[nH]2)c2ccc(-c3ccccc3)[nH]2)N=C1c1ccccc1. The fourth-order valence-electron chi connectivity index (χ4n) is 6.18. The van der Waals surface area contributed by atoms with Crippen LogP contribution in [-0.4, -0.2) is 20.7 Å². The average molecular weight is 631 g/mol. The molecule has 4 nitrogen and oxygen atoms in total.